The van der Waals surface area contributed by atoms with Crippen LogP contribution in [0, 0.1) is 0 Å². The van der Waals surface area contributed by atoms with Gasteiger partial charge in [0, 0.05) is 23.9 Å². The van der Waals surface area contributed by atoms with Gasteiger partial charge in [-0.3, -0.25) is 9.59 Å². The van der Waals surface area contributed by atoms with Crippen molar-refractivity contribution in [2.45, 2.75) is 90.5 Å². The second-order valence-corrected chi connectivity index (χ2v) is 12.7. The summed E-state index contributed by atoms with van der Waals surface area (Å²) in [7, 11) is 0. The van der Waals surface area contributed by atoms with Gasteiger partial charge >= 0.3 is 11.9 Å². The zero-order chi connectivity index (χ0) is 30.7. The molecule has 2 amide bonds. The molecule has 0 radical (unpaired) electrons. The highest BCUT2D eigenvalue weighted by Crippen LogP contribution is 2.34. The molecule has 4 rings (SSSR count). The Hall–Kier alpha value is -3.82. The standard InChI is InChI=1S/C32H42N2O8/c1-31(2,3)41-29(37)23-13-9-17-33(23)27(35)19-39-25-15-16-26(22-12-8-7-11-21(22)25)40-20-28(36)34-18-10-14-24(34)30(38)42-32(4,5)6/h7-8,11-12,15-16,23-24H,9-10,13-14,17-20H2,1-6H3/t23-,24-/m1/s1. The third kappa shape index (κ3) is 7.72. The van der Waals surface area contributed by atoms with Crippen LogP contribution in [-0.2, 0) is 28.7 Å². The first-order valence-corrected chi connectivity index (χ1v) is 14.6. The van der Waals surface area contributed by atoms with E-state index in [4.69, 9.17) is 18.9 Å². The van der Waals surface area contributed by atoms with Crippen molar-refractivity contribution in [2.24, 2.45) is 0 Å². The Morgan fingerprint density at radius 3 is 1.40 bits per heavy atom. The molecular weight excluding hydrogens is 540 g/mol. The number of hydrogen-bond acceptors (Lipinski definition) is 8. The quantitative estimate of drug-likeness (QED) is 0.425. The number of ether oxygens (including phenoxy) is 4. The van der Waals surface area contributed by atoms with Crippen LogP contribution >= 0.6 is 0 Å². The van der Waals surface area contributed by atoms with Crippen LogP contribution in [0.5, 0.6) is 11.5 Å². The van der Waals surface area contributed by atoms with Crippen LogP contribution in [0.15, 0.2) is 36.4 Å². The minimum Gasteiger partial charge on any atom is -0.483 e. The smallest absolute Gasteiger partial charge is 0.329 e. The van der Waals surface area contributed by atoms with Crippen molar-refractivity contribution in [3.8, 4) is 11.5 Å². The molecule has 2 atom stereocenters. The molecule has 10 heteroatoms. The summed E-state index contributed by atoms with van der Waals surface area (Å²) in [4.78, 5) is 54.4. The Bertz CT molecular complexity index is 1230. The topological polar surface area (TPSA) is 112 Å². The summed E-state index contributed by atoms with van der Waals surface area (Å²) in [6.07, 6.45) is 2.56. The minimum atomic E-state index is -0.632. The van der Waals surface area contributed by atoms with Crippen molar-refractivity contribution in [3.05, 3.63) is 36.4 Å². The Morgan fingerprint density at radius 2 is 1.05 bits per heavy atom. The lowest BCUT2D eigenvalue weighted by molar-refractivity contribution is -0.164. The number of fused-ring (bicyclic) bond motifs is 1. The fourth-order valence-electron chi connectivity index (χ4n) is 5.30. The number of nitrogens with zero attached hydrogens (tertiary/aromatic N) is 2. The molecule has 0 unspecified atom stereocenters. The van der Waals surface area contributed by atoms with Gasteiger partial charge in [-0.05, 0) is 79.4 Å². The second-order valence-electron chi connectivity index (χ2n) is 12.7. The molecule has 2 aromatic carbocycles. The SMILES string of the molecule is CC(C)(C)OC(=O)[C@H]1CCCN1C(=O)COc1ccc(OCC(=O)N2CCC[C@@H]2C(=O)OC(C)(C)C)c2ccccc12. The summed E-state index contributed by atoms with van der Waals surface area (Å²) in [6, 6.07) is 9.56. The third-order valence-electron chi connectivity index (χ3n) is 7.05. The van der Waals surface area contributed by atoms with Crippen molar-refractivity contribution in [2.75, 3.05) is 26.3 Å². The molecule has 0 aliphatic carbocycles. The van der Waals surface area contributed by atoms with Gasteiger partial charge in [0.15, 0.2) is 13.2 Å². The van der Waals surface area contributed by atoms with Gasteiger partial charge in [0.25, 0.3) is 11.8 Å². The summed E-state index contributed by atoms with van der Waals surface area (Å²) in [5.41, 5.74) is -1.26. The highest BCUT2D eigenvalue weighted by Gasteiger charge is 2.38. The van der Waals surface area contributed by atoms with E-state index in [-0.39, 0.29) is 25.0 Å². The Morgan fingerprint density at radius 1 is 0.667 bits per heavy atom. The first-order valence-electron chi connectivity index (χ1n) is 14.6. The van der Waals surface area contributed by atoms with Crippen molar-refractivity contribution in [1.29, 1.82) is 0 Å². The fraction of sp³-hybridized carbons (Fsp3) is 0.562. The predicted molar refractivity (Wildman–Crippen MR) is 156 cm³/mol. The number of carbonyl (C=O) groups excluding carboxylic acids is 4. The van der Waals surface area contributed by atoms with E-state index in [1.165, 1.54) is 9.80 Å². The molecule has 0 spiro atoms. The van der Waals surface area contributed by atoms with Crippen LogP contribution in [0.4, 0.5) is 0 Å². The lowest BCUT2D eigenvalue weighted by Crippen LogP contribution is -2.45. The fourth-order valence-corrected chi connectivity index (χ4v) is 5.30. The number of hydrogen-bond donors (Lipinski definition) is 0. The van der Waals surface area contributed by atoms with Gasteiger partial charge < -0.3 is 28.7 Å². The summed E-state index contributed by atoms with van der Waals surface area (Å²) in [5, 5.41) is 1.43. The Labute approximate surface area is 247 Å². The molecule has 0 N–H and O–H groups in total. The van der Waals surface area contributed by atoms with E-state index >= 15 is 0 Å². The van der Waals surface area contributed by atoms with E-state index in [2.05, 4.69) is 0 Å². The number of likely N-dealkylation sites (tertiary alicyclic amines) is 2. The first-order chi connectivity index (χ1) is 19.7. The highest BCUT2D eigenvalue weighted by molar-refractivity contribution is 5.94. The Kier molecular flexibility index (Phi) is 9.33. The van der Waals surface area contributed by atoms with Crippen molar-refractivity contribution < 1.29 is 38.1 Å². The van der Waals surface area contributed by atoms with Crippen molar-refractivity contribution >= 4 is 34.5 Å². The van der Waals surface area contributed by atoms with Gasteiger partial charge in [0.2, 0.25) is 0 Å². The van der Waals surface area contributed by atoms with Crippen LogP contribution in [0.2, 0.25) is 0 Å². The molecule has 10 nitrogen and oxygen atoms in total. The van der Waals surface area contributed by atoms with E-state index in [0.717, 1.165) is 12.8 Å². The van der Waals surface area contributed by atoms with Gasteiger partial charge in [-0.2, -0.15) is 0 Å². The molecule has 0 saturated carbocycles. The normalized spacial score (nSPS) is 19.1. The molecule has 2 fully saturated rings. The maximum atomic E-state index is 13.0. The molecule has 2 aliphatic heterocycles. The van der Waals surface area contributed by atoms with Crippen molar-refractivity contribution in [3.63, 3.8) is 0 Å². The number of amides is 2. The average molecular weight is 583 g/mol. The number of benzene rings is 2. The molecule has 2 saturated heterocycles. The molecule has 2 heterocycles. The minimum absolute atomic E-state index is 0.233. The predicted octanol–water partition coefficient (Wildman–Crippen LogP) is 4.26. The number of carbonyl (C=O) groups is 4. The summed E-state index contributed by atoms with van der Waals surface area (Å²) >= 11 is 0. The van der Waals surface area contributed by atoms with Gasteiger partial charge in [-0.25, -0.2) is 9.59 Å². The number of esters is 2. The average Bonchev–Trinajstić information content (AvgIpc) is 3.59. The maximum absolute atomic E-state index is 13.0. The van der Waals surface area contributed by atoms with E-state index in [1.54, 1.807) is 53.7 Å². The maximum Gasteiger partial charge on any atom is 0.329 e. The van der Waals surface area contributed by atoms with Crippen LogP contribution < -0.4 is 9.47 Å². The van der Waals surface area contributed by atoms with Gasteiger partial charge in [-0.1, -0.05) is 24.3 Å². The van der Waals surface area contributed by atoms with Crippen LogP contribution in [-0.4, -0.2) is 83.1 Å². The first kappa shape index (κ1) is 31.1. The molecular formula is C32H42N2O8. The lowest BCUT2D eigenvalue weighted by atomic mass is 10.1. The van der Waals surface area contributed by atoms with Crippen LogP contribution in [0.1, 0.15) is 67.2 Å². The molecule has 2 aliphatic rings. The van der Waals surface area contributed by atoms with E-state index < -0.39 is 35.2 Å². The zero-order valence-electron chi connectivity index (χ0n) is 25.4. The lowest BCUT2D eigenvalue weighted by Gasteiger charge is -2.27. The summed E-state index contributed by atoms with van der Waals surface area (Å²) in [5.74, 6) is -0.417. The summed E-state index contributed by atoms with van der Waals surface area (Å²) in [6.45, 7) is 11.3. The summed E-state index contributed by atoms with van der Waals surface area (Å²) < 4.78 is 22.9. The van der Waals surface area contributed by atoms with Crippen molar-refractivity contribution in [1.82, 2.24) is 9.80 Å². The molecule has 2 aromatic rings. The zero-order valence-corrected chi connectivity index (χ0v) is 25.4. The Balaban J connectivity index is 1.40. The molecule has 0 bridgehead atoms. The molecule has 42 heavy (non-hydrogen) atoms. The number of rotatable bonds is 8. The van der Waals surface area contributed by atoms with Gasteiger partial charge in [0.05, 0.1) is 0 Å². The largest absolute Gasteiger partial charge is 0.483 e. The van der Waals surface area contributed by atoms with Gasteiger partial charge in [0.1, 0.15) is 34.8 Å². The third-order valence-corrected chi connectivity index (χ3v) is 7.05. The monoisotopic (exact) mass is 582 g/mol. The van der Waals surface area contributed by atoms with Crippen LogP contribution in [0.3, 0.4) is 0 Å². The second kappa shape index (κ2) is 12.6. The van der Waals surface area contributed by atoms with E-state index in [0.29, 0.717) is 48.2 Å². The highest BCUT2D eigenvalue weighted by atomic mass is 16.6. The van der Waals surface area contributed by atoms with E-state index in [9.17, 15) is 19.2 Å². The van der Waals surface area contributed by atoms with Gasteiger partial charge in [-0.15, -0.1) is 0 Å². The molecule has 0 aromatic heterocycles. The van der Waals surface area contributed by atoms with Crippen LogP contribution in [0.25, 0.3) is 10.8 Å². The molecule has 228 valence electrons. The van der Waals surface area contributed by atoms with E-state index in [1.807, 2.05) is 24.3 Å².